The first-order valence-corrected chi connectivity index (χ1v) is 9.78. The summed E-state index contributed by atoms with van der Waals surface area (Å²) in [7, 11) is 0. The maximum absolute atomic E-state index is 12.8. The second kappa shape index (κ2) is 9.38. The summed E-state index contributed by atoms with van der Waals surface area (Å²) < 4.78 is 38.3. The predicted molar refractivity (Wildman–Crippen MR) is 108 cm³/mol. The number of hydrogen-bond donors (Lipinski definition) is 3. The maximum Gasteiger partial charge on any atom is 0.416 e. The van der Waals surface area contributed by atoms with Crippen LogP contribution in [0.4, 0.5) is 24.7 Å². The molecule has 0 radical (unpaired) electrons. The van der Waals surface area contributed by atoms with Crippen LogP contribution in [0, 0.1) is 0 Å². The van der Waals surface area contributed by atoms with E-state index in [1.54, 1.807) is 4.90 Å². The molecule has 1 aromatic carbocycles. The standard InChI is InChI=1S/C19H20ClF3N6O2/c20-15-16(26-10-27-17(15)24)18(31)28-12-4-6-29(7-5-12)14(30)9-25-13-3-1-2-11(8-13)19(21,22)23/h1-3,8,10,12,25H,4-7,9H2,(H,28,31)(H2,24,26,27). The van der Waals surface area contributed by atoms with Crippen LogP contribution in [-0.4, -0.2) is 52.4 Å². The number of nitrogens with one attached hydrogen (secondary N) is 2. The van der Waals surface area contributed by atoms with Crippen LogP contribution in [0.1, 0.15) is 28.9 Å². The van der Waals surface area contributed by atoms with E-state index in [0.717, 1.165) is 18.5 Å². The van der Waals surface area contributed by atoms with Crippen LogP contribution in [-0.2, 0) is 11.0 Å². The van der Waals surface area contributed by atoms with Crippen LogP contribution in [0.5, 0.6) is 0 Å². The molecule has 1 aliphatic rings. The molecule has 2 heterocycles. The number of carbonyl (C=O) groups is 2. The van der Waals surface area contributed by atoms with E-state index in [0.29, 0.717) is 25.9 Å². The molecule has 0 spiro atoms. The van der Waals surface area contributed by atoms with Gasteiger partial charge in [0.05, 0.1) is 12.1 Å². The summed E-state index contributed by atoms with van der Waals surface area (Å²) in [6.07, 6.45) is -2.27. The Bertz CT molecular complexity index is 964. The second-order valence-electron chi connectivity index (χ2n) is 6.98. The third-order valence-corrected chi connectivity index (χ3v) is 5.22. The van der Waals surface area contributed by atoms with Gasteiger partial charge in [-0.1, -0.05) is 17.7 Å². The average Bonchev–Trinajstić information content (AvgIpc) is 2.74. The minimum absolute atomic E-state index is 0.00973. The highest BCUT2D eigenvalue weighted by Gasteiger charge is 2.30. The highest BCUT2D eigenvalue weighted by molar-refractivity contribution is 6.35. The van der Waals surface area contributed by atoms with E-state index in [9.17, 15) is 22.8 Å². The molecular weight excluding hydrogens is 437 g/mol. The molecule has 1 aromatic heterocycles. The number of aromatic nitrogens is 2. The number of alkyl halides is 3. The van der Waals surface area contributed by atoms with Gasteiger partial charge in [-0.25, -0.2) is 9.97 Å². The zero-order valence-electron chi connectivity index (χ0n) is 16.2. The van der Waals surface area contributed by atoms with Gasteiger partial charge in [0.2, 0.25) is 5.91 Å². The van der Waals surface area contributed by atoms with E-state index < -0.39 is 17.6 Å². The Labute approximate surface area is 181 Å². The van der Waals surface area contributed by atoms with Crippen molar-refractivity contribution in [3.05, 3.63) is 46.9 Å². The predicted octanol–water partition coefficient (Wildman–Crippen LogP) is 2.56. The number of halogens is 4. The second-order valence-corrected chi connectivity index (χ2v) is 7.36. The van der Waals surface area contributed by atoms with Gasteiger partial charge in [-0.2, -0.15) is 13.2 Å². The monoisotopic (exact) mass is 456 g/mol. The molecule has 1 fully saturated rings. The molecule has 0 bridgehead atoms. The van der Waals surface area contributed by atoms with Crippen LogP contribution < -0.4 is 16.4 Å². The van der Waals surface area contributed by atoms with Gasteiger partial charge in [0.1, 0.15) is 17.2 Å². The number of nitrogens with two attached hydrogens (primary N) is 1. The van der Waals surface area contributed by atoms with E-state index >= 15 is 0 Å². The lowest BCUT2D eigenvalue weighted by atomic mass is 10.0. The Balaban J connectivity index is 1.48. The van der Waals surface area contributed by atoms with E-state index in [1.807, 2.05) is 0 Å². The quantitative estimate of drug-likeness (QED) is 0.637. The largest absolute Gasteiger partial charge is 0.416 e. The molecule has 1 saturated heterocycles. The number of amides is 2. The van der Waals surface area contributed by atoms with E-state index in [4.69, 9.17) is 17.3 Å². The van der Waals surface area contributed by atoms with Crippen molar-refractivity contribution in [2.45, 2.75) is 25.1 Å². The first kappa shape index (κ1) is 22.6. The van der Waals surface area contributed by atoms with Gasteiger partial charge in [0.25, 0.3) is 5.91 Å². The zero-order chi connectivity index (χ0) is 22.6. The Hall–Kier alpha value is -3.08. The van der Waals surface area contributed by atoms with Crippen LogP contribution >= 0.6 is 11.6 Å². The summed E-state index contributed by atoms with van der Waals surface area (Å²) >= 11 is 5.96. The van der Waals surface area contributed by atoms with E-state index in [2.05, 4.69) is 20.6 Å². The first-order valence-electron chi connectivity index (χ1n) is 9.41. The van der Waals surface area contributed by atoms with Crippen LogP contribution in [0.2, 0.25) is 5.02 Å². The molecule has 31 heavy (non-hydrogen) atoms. The summed E-state index contributed by atoms with van der Waals surface area (Å²) in [4.78, 5) is 33.9. The number of nitrogen functional groups attached to an aromatic ring is 1. The van der Waals surface area contributed by atoms with Gasteiger partial charge < -0.3 is 21.3 Å². The first-order chi connectivity index (χ1) is 14.6. The van der Waals surface area contributed by atoms with Gasteiger partial charge in [-0.15, -0.1) is 0 Å². The Kier molecular flexibility index (Phi) is 6.84. The fourth-order valence-electron chi connectivity index (χ4n) is 3.16. The third kappa shape index (κ3) is 5.75. The zero-order valence-corrected chi connectivity index (χ0v) is 17.0. The van der Waals surface area contributed by atoms with Crippen LogP contribution in [0.25, 0.3) is 0 Å². The lowest BCUT2D eigenvalue weighted by molar-refractivity contribution is -0.137. The topological polar surface area (TPSA) is 113 Å². The molecule has 8 nitrogen and oxygen atoms in total. The van der Waals surface area contributed by atoms with Gasteiger partial charge >= 0.3 is 6.18 Å². The molecule has 0 saturated carbocycles. The molecule has 12 heteroatoms. The summed E-state index contributed by atoms with van der Waals surface area (Å²) in [6.45, 7) is 0.662. The van der Waals surface area contributed by atoms with Gasteiger partial charge in [-0.3, -0.25) is 9.59 Å². The number of likely N-dealkylation sites (tertiary alicyclic amines) is 1. The molecule has 2 amide bonds. The van der Waals surface area contributed by atoms with Gasteiger partial charge in [0, 0.05) is 24.8 Å². The maximum atomic E-state index is 12.8. The Morgan fingerprint density at radius 2 is 1.94 bits per heavy atom. The number of piperidine rings is 1. The molecule has 4 N–H and O–H groups in total. The lowest BCUT2D eigenvalue weighted by Crippen LogP contribution is -2.48. The average molecular weight is 457 g/mol. The number of hydrogen-bond acceptors (Lipinski definition) is 6. The van der Waals surface area contributed by atoms with Crippen molar-refractivity contribution in [3.8, 4) is 0 Å². The Morgan fingerprint density at radius 1 is 1.23 bits per heavy atom. The molecule has 2 aromatic rings. The summed E-state index contributed by atoms with van der Waals surface area (Å²) in [6, 6.07) is 4.49. The SMILES string of the molecule is Nc1ncnc(C(=O)NC2CCN(C(=O)CNc3cccc(C(F)(F)F)c3)CC2)c1Cl. The van der Waals surface area contributed by atoms with Crippen LogP contribution in [0.3, 0.4) is 0 Å². The van der Waals surface area contributed by atoms with Crippen molar-refractivity contribution in [2.75, 3.05) is 30.7 Å². The minimum atomic E-state index is -4.45. The number of nitrogens with zero attached hydrogens (tertiary/aromatic N) is 3. The number of benzene rings is 1. The summed E-state index contributed by atoms with van der Waals surface area (Å²) in [5.74, 6) is -0.709. The van der Waals surface area contributed by atoms with Crippen molar-refractivity contribution in [1.29, 1.82) is 0 Å². The third-order valence-electron chi connectivity index (χ3n) is 4.85. The van der Waals surface area contributed by atoms with Crippen molar-refractivity contribution in [1.82, 2.24) is 20.2 Å². The molecule has 0 atom stereocenters. The number of carbonyl (C=O) groups excluding carboxylic acids is 2. The molecule has 0 aliphatic carbocycles. The van der Waals surface area contributed by atoms with Gasteiger partial charge in [-0.05, 0) is 31.0 Å². The number of rotatable bonds is 5. The van der Waals surface area contributed by atoms with Crippen molar-refractivity contribution >= 4 is 34.9 Å². The van der Waals surface area contributed by atoms with E-state index in [1.165, 1.54) is 12.1 Å². The number of anilines is 2. The van der Waals surface area contributed by atoms with Crippen molar-refractivity contribution in [3.63, 3.8) is 0 Å². The fraction of sp³-hybridized carbons (Fsp3) is 0.368. The van der Waals surface area contributed by atoms with Crippen molar-refractivity contribution in [2.24, 2.45) is 0 Å². The smallest absolute Gasteiger partial charge is 0.382 e. The molecule has 3 rings (SSSR count). The van der Waals surface area contributed by atoms with Gasteiger partial charge in [0.15, 0.2) is 5.69 Å². The highest BCUT2D eigenvalue weighted by atomic mass is 35.5. The van der Waals surface area contributed by atoms with E-state index in [-0.39, 0.29) is 40.7 Å². The highest BCUT2D eigenvalue weighted by Crippen LogP contribution is 2.30. The summed E-state index contributed by atoms with van der Waals surface area (Å²) in [5.41, 5.74) is 4.99. The molecular formula is C19H20ClF3N6O2. The molecule has 0 unspecified atom stereocenters. The van der Waals surface area contributed by atoms with Crippen molar-refractivity contribution < 1.29 is 22.8 Å². The molecule has 166 valence electrons. The molecule has 1 aliphatic heterocycles. The van der Waals surface area contributed by atoms with Crippen LogP contribution in [0.15, 0.2) is 30.6 Å². The normalized spacial score (nSPS) is 14.9. The fourth-order valence-corrected chi connectivity index (χ4v) is 3.35. The Morgan fingerprint density at radius 3 is 2.61 bits per heavy atom. The minimum Gasteiger partial charge on any atom is -0.382 e. The summed E-state index contributed by atoms with van der Waals surface area (Å²) in [5, 5.41) is 5.52. The lowest BCUT2D eigenvalue weighted by Gasteiger charge is -2.32.